The van der Waals surface area contributed by atoms with Crippen LogP contribution in [0.3, 0.4) is 0 Å². The van der Waals surface area contributed by atoms with Crippen LogP contribution < -0.4 is 0 Å². The van der Waals surface area contributed by atoms with Gasteiger partial charge in [0, 0.05) is 65.8 Å². The number of nitrogens with zero attached hydrogens (tertiary/aromatic N) is 4. The van der Waals surface area contributed by atoms with Crippen molar-refractivity contribution in [2.24, 2.45) is 0 Å². The van der Waals surface area contributed by atoms with Gasteiger partial charge < -0.3 is 18.3 Å². The molecule has 0 bridgehead atoms. The fourth-order valence-corrected chi connectivity index (χ4v) is 12.6. The molecule has 0 amide bonds. The summed E-state index contributed by atoms with van der Waals surface area (Å²) in [5, 5.41) is 9.99. The Labute approximate surface area is 438 Å². The van der Waals surface area contributed by atoms with Gasteiger partial charge >= 0.3 is 0 Å². The molecule has 0 saturated carbocycles. The molecule has 4 nitrogen and oxygen atoms in total. The van der Waals surface area contributed by atoms with E-state index in [4.69, 9.17) is 0 Å². The van der Waals surface area contributed by atoms with Crippen molar-refractivity contribution in [3.63, 3.8) is 0 Å². The minimum Gasteiger partial charge on any atom is -0.309 e. The molecule has 0 aliphatic heterocycles. The van der Waals surface area contributed by atoms with E-state index in [1.807, 2.05) is 0 Å². The fraction of sp³-hybridized carbons (Fsp3) is 0. The van der Waals surface area contributed by atoms with Gasteiger partial charge in [0.1, 0.15) is 0 Å². The highest BCUT2D eigenvalue weighted by atomic mass is 15.0. The average molecular weight is 967 g/mol. The van der Waals surface area contributed by atoms with Gasteiger partial charge in [0.25, 0.3) is 0 Å². The molecule has 0 saturated heterocycles. The molecule has 12 aromatic carbocycles. The molecular formula is C72H46N4. The molecule has 0 atom stereocenters. The van der Waals surface area contributed by atoms with E-state index in [0.717, 1.165) is 22.7 Å². The zero-order chi connectivity index (χ0) is 49.8. The first-order chi connectivity index (χ1) is 37.7. The molecular weight excluding hydrogens is 921 g/mol. The summed E-state index contributed by atoms with van der Waals surface area (Å²) in [7, 11) is 0. The second-order valence-electron chi connectivity index (χ2n) is 20.0. The van der Waals surface area contributed by atoms with Crippen LogP contribution in [0.1, 0.15) is 0 Å². The van der Waals surface area contributed by atoms with Crippen molar-refractivity contribution in [2.45, 2.75) is 0 Å². The van der Waals surface area contributed by atoms with Crippen LogP contribution in [0.4, 0.5) is 0 Å². The second-order valence-corrected chi connectivity index (χ2v) is 20.0. The first kappa shape index (κ1) is 42.4. The maximum atomic E-state index is 2.48. The number of hydrogen-bond acceptors (Lipinski definition) is 0. The van der Waals surface area contributed by atoms with Gasteiger partial charge in [-0.3, -0.25) is 0 Å². The van der Waals surface area contributed by atoms with E-state index >= 15 is 0 Å². The monoisotopic (exact) mass is 966 g/mol. The van der Waals surface area contributed by atoms with Gasteiger partial charge in [-0.25, -0.2) is 0 Å². The van der Waals surface area contributed by atoms with Crippen LogP contribution in [0, 0.1) is 0 Å². The Balaban J connectivity index is 0.803. The molecule has 0 aliphatic carbocycles. The molecule has 4 heterocycles. The van der Waals surface area contributed by atoms with E-state index in [-0.39, 0.29) is 0 Å². The molecule has 0 fully saturated rings. The largest absolute Gasteiger partial charge is 0.309 e. The van der Waals surface area contributed by atoms with Crippen molar-refractivity contribution in [1.29, 1.82) is 0 Å². The van der Waals surface area contributed by atoms with Crippen LogP contribution in [0.15, 0.2) is 279 Å². The van der Waals surface area contributed by atoms with Gasteiger partial charge in [0.2, 0.25) is 0 Å². The zero-order valence-electron chi connectivity index (χ0n) is 41.3. The van der Waals surface area contributed by atoms with Gasteiger partial charge in [0.05, 0.1) is 44.1 Å². The summed E-state index contributed by atoms with van der Waals surface area (Å²) in [6.07, 6.45) is 0. The van der Waals surface area contributed by atoms with E-state index in [9.17, 15) is 0 Å². The Kier molecular flexibility index (Phi) is 9.30. The summed E-state index contributed by atoms with van der Waals surface area (Å²) in [6.45, 7) is 0. The highest BCUT2D eigenvalue weighted by Gasteiger charge is 2.23. The molecule has 4 aromatic heterocycles. The molecule has 0 spiro atoms. The third-order valence-corrected chi connectivity index (χ3v) is 16.0. The minimum absolute atomic E-state index is 1.12. The van der Waals surface area contributed by atoms with E-state index in [1.165, 1.54) is 121 Å². The Morgan fingerprint density at radius 1 is 0.171 bits per heavy atom. The Bertz CT molecular complexity index is 4920. The second kappa shape index (κ2) is 16.7. The summed E-state index contributed by atoms with van der Waals surface area (Å²) in [5.74, 6) is 0. The average Bonchev–Trinajstić information content (AvgIpc) is 4.24. The van der Waals surface area contributed by atoms with Crippen molar-refractivity contribution < 1.29 is 0 Å². The quantitative estimate of drug-likeness (QED) is 0.152. The molecule has 76 heavy (non-hydrogen) atoms. The first-order valence-corrected chi connectivity index (χ1v) is 26.2. The SMILES string of the molecule is c1ccc(-c2ccc(-n3c4ccccc4c4ccc5c6ccccc6n(-c6ccc(-c7ccc(-c8ccc9c%10c%11c%12ccccc%12n(-c%12ccccc%12)c%11ccc%10n(-c%10ccccc%10)c9c8)cc7)cc6)c5c43)cc2)cc1. The van der Waals surface area contributed by atoms with Gasteiger partial charge in [0.15, 0.2) is 0 Å². The zero-order valence-corrected chi connectivity index (χ0v) is 41.3. The maximum Gasteiger partial charge on any atom is 0.0788 e. The molecule has 354 valence electrons. The summed E-state index contributed by atoms with van der Waals surface area (Å²) in [5.41, 5.74) is 21.3. The Morgan fingerprint density at radius 3 is 0.974 bits per heavy atom. The molecule has 0 unspecified atom stereocenters. The smallest absolute Gasteiger partial charge is 0.0788 e. The van der Waals surface area contributed by atoms with Gasteiger partial charge in [-0.15, -0.1) is 0 Å². The summed E-state index contributed by atoms with van der Waals surface area (Å²) in [4.78, 5) is 0. The lowest BCUT2D eigenvalue weighted by Gasteiger charge is -2.14. The van der Waals surface area contributed by atoms with Crippen molar-refractivity contribution in [3.8, 4) is 56.1 Å². The predicted octanol–water partition coefficient (Wildman–Crippen LogP) is 19.1. The summed E-state index contributed by atoms with van der Waals surface area (Å²) >= 11 is 0. The molecule has 0 radical (unpaired) electrons. The number of hydrogen-bond donors (Lipinski definition) is 0. The van der Waals surface area contributed by atoms with Crippen LogP contribution in [0.25, 0.3) is 143 Å². The van der Waals surface area contributed by atoms with Crippen LogP contribution in [0.2, 0.25) is 0 Å². The van der Waals surface area contributed by atoms with Crippen LogP contribution in [0.5, 0.6) is 0 Å². The van der Waals surface area contributed by atoms with Gasteiger partial charge in [-0.1, -0.05) is 194 Å². The number of fused-ring (bicyclic) bond motifs is 14. The van der Waals surface area contributed by atoms with Gasteiger partial charge in [-0.2, -0.15) is 0 Å². The lowest BCUT2D eigenvalue weighted by molar-refractivity contribution is 1.15. The summed E-state index contributed by atoms with van der Waals surface area (Å²) in [6, 6.07) is 102. The third-order valence-electron chi connectivity index (χ3n) is 16.0. The van der Waals surface area contributed by atoms with Crippen molar-refractivity contribution in [3.05, 3.63) is 279 Å². The number of benzene rings is 12. The first-order valence-electron chi connectivity index (χ1n) is 26.2. The number of para-hydroxylation sites is 5. The maximum absolute atomic E-state index is 2.48. The lowest BCUT2D eigenvalue weighted by Crippen LogP contribution is -1.98. The van der Waals surface area contributed by atoms with E-state index in [2.05, 4.69) is 297 Å². The molecule has 0 aliphatic rings. The van der Waals surface area contributed by atoms with Crippen LogP contribution in [-0.4, -0.2) is 18.3 Å². The fourth-order valence-electron chi connectivity index (χ4n) is 12.6. The van der Waals surface area contributed by atoms with Crippen molar-refractivity contribution >= 4 is 87.2 Å². The molecule has 0 N–H and O–H groups in total. The van der Waals surface area contributed by atoms with E-state index in [1.54, 1.807) is 0 Å². The molecule has 16 aromatic rings. The van der Waals surface area contributed by atoms with Gasteiger partial charge in [-0.05, 0) is 118 Å². The lowest BCUT2D eigenvalue weighted by atomic mass is 9.98. The predicted molar refractivity (Wildman–Crippen MR) is 320 cm³/mol. The highest BCUT2D eigenvalue weighted by Crippen LogP contribution is 2.45. The summed E-state index contributed by atoms with van der Waals surface area (Å²) < 4.78 is 9.81. The van der Waals surface area contributed by atoms with Crippen LogP contribution in [-0.2, 0) is 0 Å². The Morgan fingerprint density at radius 2 is 0.487 bits per heavy atom. The van der Waals surface area contributed by atoms with Crippen LogP contribution >= 0.6 is 0 Å². The van der Waals surface area contributed by atoms with E-state index < -0.39 is 0 Å². The molecule has 4 heteroatoms. The standard InChI is InChI=1S/C72H46N4/c1-4-16-47(17-5-1)49-32-37-55(38-33-49)75-63-25-13-10-22-57(63)59-42-43-60-58-23-11-14-26-64(58)76(72(60)71(59)75)56-39-34-50(35-40-56)48-28-30-51(31-29-48)52-36-41-62-68(46-52)74(54-20-8-3-9-21-54)67-45-44-66-69(70(62)67)61-24-12-15-27-65(61)73(66)53-18-6-2-7-19-53/h1-46H. The molecule has 16 rings (SSSR count). The topological polar surface area (TPSA) is 19.7 Å². The number of aromatic nitrogens is 4. The normalized spacial score (nSPS) is 11.9. The third kappa shape index (κ3) is 6.31. The minimum atomic E-state index is 1.12. The van der Waals surface area contributed by atoms with E-state index in [0.29, 0.717) is 0 Å². The number of rotatable bonds is 7. The van der Waals surface area contributed by atoms with Crippen molar-refractivity contribution in [2.75, 3.05) is 0 Å². The highest BCUT2D eigenvalue weighted by molar-refractivity contribution is 6.29. The van der Waals surface area contributed by atoms with Crippen molar-refractivity contribution in [1.82, 2.24) is 18.3 Å². The Hall–Kier alpha value is -10.2.